The molecule has 1 aromatic rings. The summed E-state index contributed by atoms with van der Waals surface area (Å²) >= 11 is 0. The number of hydrogen-bond acceptors (Lipinski definition) is 2. The third kappa shape index (κ3) is 1.43. The van der Waals surface area contributed by atoms with Crippen LogP contribution in [0.15, 0.2) is 6.33 Å². The molecule has 0 unspecified atom stereocenters. The van der Waals surface area contributed by atoms with E-state index in [1.165, 1.54) is 12.8 Å². The molecular formula is C9H13N3O. The van der Waals surface area contributed by atoms with E-state index in [-0.39, 0.29) is 0 Å². The Bertz CT molecular complexity index is 330. The first-order valence-corrected chi connectivity index (χ1v) is 4.63. The standard InChI is InChI=1S/C9H13N3O/c10-9(13)8-7-4-2-1-3-5-12(7)6-11-8/h6H,1-5H2,(H2,10,13). The SMILES string of the molecule is NC(=O)c1ncn2c1CCCCC2. The highest BCUT2D eigenvalue weighted by Crippen LogP contribution is 2.16. The summed E-state index contributed by atoms with van der Waals surface area (Å²) < 4.78 is 2.05. The van der Waals surface area contributed by atoms with Gasteiger partial charge in [0, 0.05) is 6.54 Å². The van der Waals surface area contributed by atoms with E-state index < -0.39 is 5.91 Å². The quantitative estimate of drug-likeness (QED) is 0.690. The molecule has 2 heterocycles. The fraction of sp³-hybridized carbons (Fsp3) is 0.556. The highest BCUT2D eigenvalue weighted by atomic mass is 16.1. The Morgan fingerprint density at radius 3 is 3.08 bits per heavy atom. The van der Waals surface area contributed by atoms with Crippen molar-refractivity contribution in [2.75, 3.05) is 0 Å². The van der Waals surface area contributed by atoms with Gasteiger partial charge in [-0.15, -0.1) is 0 Å². The lowest BCUT2D eigenvalue weighted by Gasteiger charge is -2.02. The fourth-order valence-electron chi connectivity index (χ4n) is 1.82. The van der Waals surface area contributed by atoms with E-state index >= 15 is 0 Å². The van der Waals surface area contributed by atoms with Crippen LogP contribution in [-0.2, 0) is 13.0 Å². The van der Waals surface area contributed by atoms with Crippen LogP contribution in [0.1, 0.15) is 35.4 Å². The Labute approximate surface area is 76.8 Å². The second-order valence-electron chi connectivity index (χ2n) is 3.41. The Kier molecular flexibility index (Phi) is 2.04. The smallest absolute Gasteiger partial charge is 0.269 e. The van der Waals surface area contributed by atoms with Crippen molar-refractivity contribution >= 4 is 5.91 Å². The Hall–Kier alpha value is -1.32. The van der Waals surface area contributed by atoms with Crippen molar-refractivity contribution in [2.45, 2.75) is 32.2 Å². The molecule has 4 nitrogen and oxygen atoms in total. The number of carbonyl (C=O) groups excluding carboxylic acids is 1. The average Bonchev–Trinajstić information content (AvgIpc) is 2.36. The van der Waals surface area contributed by atoms with Gasteiger partial charge < -0.3 is 10.3 Å². The third-order valence-electron chi connectivity index (χ3n) is 2.49. The molecule has 2 rings (SSSR count). The number of aryl methyl sites for hydroxylation is 1. The number of primary amides is 1. The number of amides is 1. The topological polar surface area (TPSA) is 60.9 Å². The lowest BCUT2D eigenvalue weighted by Crippen LogP contribution is -2.14. The third-order valence-corrected chi connectivity index (χ3v) is 2.49. The van der Waals surface area contributed by atoms with Crippen molar-refractivity contribution in [1.29, 1.82) is 0 Å². The molecule has 0 radical (unpaired) electrons. The van der Waals surface area contributed by atoms with Crippen LogP contribution < -0.4 is 5.73 Å². The Balaban J connectivity index is 2.39. The van der Waals surface area contributed by atoms with E-state index in [9.17, 15) is 4.79 Å². The average molecular weight is 179 g/mol. The van der Waals surface area contributed by atoms with Crippen LogP contribution in [0, 0.1) is 0 Å². The van der Waals surface area contributed by atoms with Gasteiger partial charge >= 0.3 is 0 Å². The number of carbonyl (C=O) groups is 1. The molecule has 0 aliphatic carbocycles. The number of imidazole rings is 1. The van der Waals surface area contributed by atoms with Crippen LogP contribution in [-0.4, -0.2) is 15.5 Å². The molecule has 0 saturated heterocycles. The van der Waals surface area contributed by atoms with E-state index in [1.807, 2.05) is 4.57 Å². The van der Waals surface area contributed by atoms with Gasteiger partial charge in [-0.25, -0.2) is 4.98 Å². The largest absolute Gasteiger partial charge is 0.364 e. The van der Waals surface area contributed by atoms with Gasteiger partial charge in [0.15, 0.2) is 0 Å². The summed E-state index contributed by atoms with van der Waals surface area (Å²) in [5.74, 6) is -0.407. The molecule has 1 aromatic heterocycles. The monoisotopic (exact) mass is 179 g/mol. The highest BCUT2D eigenvalue weighted by Gasteiger charge is 2.16. The molecule has 0 spiro atoms. The minimum Gasteiger partial charge on any atom is -0.364 e. The van der Waals surface area contributed by atoms with Gasteiger partial charge in [-0.3, -0.25) is 4.79 Å². The van der Waals surface area contributed by atoms with Gasteiger partial charge in [-0.2, -0.15) is 0 Å². The van der Waals surface area contributed by atoms with Crippen LogP contribution in [0.5, 0.6) is 0 Å². The lowest BCUT2D eigenvalue weighted by molar-refractivity contribution is 0.0995. The number of nitrogens with zero attached hydrogens (tertiary/aromatic N) is 2. The van der Waals surface area contributed by atoms with E-state index in [4.69, 9.17) is 5.73 Å². The van der Waals surface area contributed by atoms with Crippen molar-refractivity contribution in [2.24, 2.45) is 5.73 Å². The van der Waals surface area contributed by atoms with Crippen LogP contribution >= 0.6 is 0 Å². The van der Waals surface area contributed by atoms with Gasteiger partial charge in [-0.05, 0) is 19.3 Å². The molecule has 0 bridgehead atoms. The molecule has 1 aliphatic heterocycles. The van der Waals surface area contributed by atoms with Gasteiger partial charge in [0.2, 0.25) is 0 Å². The zero-order valence-corrected chi connectivity index (χ0v) is 7.49. The number of fused-ring (bicyclic) bond motifs is 1. The fourth-order valence-corrected chi connectivity index (χ4v) is 1.82. The first-order valence-electron chi connectivity index (χ1n) is 4.63. The van der Waals surface area contributed by atoms with Crippen LogP contribution in [0.25, 0.3) is 0 Å². The zero-order valence-electron chi connectivity index (χ0n) is 7.49. The normalized spacial score (nSPS) is 16.3. The number of hydrogen-bond donors (Lipinski definition) is 1. The van der Waals surface area contributed by atoms with Crippen molar-refractivity contribution in [3.05, 3.63) is 17.7 Å². The molecule has 70 valence electrons. The van der Waals surface area contributed by atoms with E-state index in [2.05, 4.69) is 4.98 Å². The van der Waals surface area contributed by atoms with Crippen LogP contribution in [0.3, 0.4) is 0 Å². The molecule has 4 heteroatoms. The van der Waals surface area contributed by atoms with Crippen molar-refractivity contribution < 1.29 is 4.79 Å². The molecule has 2 N–H and O–H groups in total. The second kappa shape index (κ2) is 3.20. The first-order chi connectivity index (χ1) is 6.29. The molecule has 1 aliphatic rings. The minimum absolute atomic E-state index is 0.407. The number of rotatable bonds is 1. The molecule has 0 saturated carbocycles. The lowest BCUT2D eigenvalue weighted by atomic mass is 10.1. The Morgan fingerprint density at radius 1 is 1.46 bits per heavy atom. The highest BCUT2D eigenvalue weighted by molar-refractivity contribution is 5.91. The molecule has 1 amide bonds. The van der Waals surface area contributed by atoms with Gasteiger partial charge in [-0.1, -0.05) is 6.42 Å². The van der Waals surface area contributed by atoms with Crippen molar-refractivity contribution in [3.63, 3.8) is 0 Å². The van der Waals surface area contributed by atoms with Crippen molar-refractivity contribution in [1.82, 2.24) is 9.55 Å². The summed E-state index contributed by atoms with van der Waals surface area (Å²) in [7, 11) is 0. The summed E-state index contributed by atoms with van der Waals surface area (Å²) in [6.07, 6.45) is 6.17. The van der Waals surface area contributed by atoms with E-state index in [1.54, 1.807) is 6.33 Å². The van der Waals surface area contributed by atoms with Gasteiger partial charge in [0.05, 0.1) is 12.0 Å². The minimum atomic E-state index is -0.407. The summed E-state index contributed by atoms with van der Waals surface area (Å²) in [4.78, 5) is 15.0. The van der Waals surface area contributed by atoms with Gasteiger partial charge in [0.1, 0.15) is 5.69 Å². The summed E-state index contributed by atoms with van der Waals surface area (Å²) in [5, 5.41) is 0. The second-order valence-corrected chi connectivity index (χ2v) is 3.41. The van der Waals surface area contributed by atoms with Crippen LogP contribution in [0.4, 0.5) is 0 Å². The molecule has 0 atom stereocenters. The number of nitrogens with two attached hydrogens (primary N) is 1. The predicted molar refractivity (Wildman–Crippen MR) is 48.3 cm³/mol. The summed E-state index contributed by atoms with van der Waals surface area (Å²) in [6, 6.07) is 0. The van der Waals surface area contributed by atoms with Gasteiger partial charge in [0.25, 0.3) is 5.91 Å². The molecular weight excluding hydrogens is 166 g/mol. The van der Waals surface area contributed by atoms with E-state index in [0.717, 1.165) is 25.1 Å². The molecule has 0 aromatic carbocycles. The number of aromatic nitrogens is 2. The molecule has 0 fully saturated rings. The zero-order chi connectivity index (χ0) is 9.26. The Morgan fingerprint density at radius 2 is 2.31 bits per heavy atom. The van der Waals surface area contributed by atoms with E-state index in [0.29, 0.717) is 5.69 Å². The maximum absolute atomic E-state index is 11.0. The van der Waals surface area contributed by atoms with Crippen LogP contribution in [0.2, 0.25) is 0 Å². The summed E-state index contributed by atoms with van der Waals surface area (Å²) in [5.41, 5.74) is 6.70. The molecule has 13 heavy (non-hydrogen) atoms. The predicted octanol–water partition coefficient (Wildman–Crippen LogP) is 0.708. The first kappa shape index (κ1) is 8.29. The maximum atomic E-state index is 11.0. The maximum Gasteiger partial charge on any atom is 0.269 e. The van der Waals surface area contributed by atoms with Crippen molar-refractivity contribution in [3.8, 4) is 0 Å². The summed E-state index contributed by atoms with van der Waals surface area (Å²) in [6.45, 7) is 0.968.